The molecule has 3 rings (SSSR count). The molecule has 2 aromatic rings. The van der Waals surface area contributed by atoms with E-state index in [2.05, 4.69) is 0 Å². The lowest BCUT2D eigenvalue weighted by Gasteiger charge is -2.09. The van der Waals surface area contributed by atoms with Gasteiger partial charge in [0.2, 0.25) is 6.79 Å². The monoisotopic (exact) mass is 421 g/mol. The first kappa shape index (κ1) is 20.5. The van der Waals surface area contributed by atoms with E-state index >= 15 is 0 Å². The Kier molecular flexibility index (Phi) is 6.23. The molecule has 2 N–H and O–H groups in total. The number of hydrogen-bond donors (Lipinski definition) is 1. The van der Waals surface area contributed by atoms with Gasteiger partial charge in [0, 0.05) is 5.56 Å². The molecule has 0 amide bonds. The molecule has 9 nitrogen and oxygen atoms in total. The van der Waals surface area contributed by atoms with Crippen LogP contribution in [-0.2, 0) is 20.8 Å². The number of nitrogens with two attached hydrogens (primary N) is 1. The van der Waals surface area contributed by atoms with Crippen LogP contribution in [0, 0.1) is 0 Å². The van der Waals surface area contributed by atoms with E-state index in [0.29, 0.717) is 11.5 Å². The van der Waals surface area contributed by atoms with E-state index < -0.39 is 17.9 Å². The SMILES string of the molecule is CCOC(=O)c1sc(N)c(C(=O)OCC)c1COC(=O)c1ccc2c(c1)OCO2. The van der Waals surface area contributed by atoms with Crippen LogP contribution in [0.25, 0.3) is 0 Å². The van der Waals surface area contributed by atoms with E-state index in [9.17, 15) is 14.4 Å². The third-order valence-corrected chi connectivity index (χ3v) is 4.97. The second kappa shape index (κ2) is 8.82. The lowest BCUT2D eigenvalue weighted by molar-refractivity contribution is 0.0437. The van der Waals surface area contributed by atoms with Gasteiger partial charge in [0.15, 0.2) is 11.5 Å². The highest BCUT2D eigenvalue weighted by molar-refractivity contribution is 7.18. The first-order chi connectivity index (χ1) is 14.0. The van der Waals surface area contributed by atoms with Gasteiger partial charge in [-0.15, -0.1) is 11.3 Å². The average Bonchev–Trinajstić information content (AvgIpc) is 3.29. The first-order valence-corrected chi connectivity index (χ1v) is 9.60. The molecular formula is C19H19NO8S. The van der Waals surface area contributed by atoms with E-state index in [-0.39, 0.29) is 53.2 Å². The zero-order valence-electron chi connectivity index (χ0n) is 15.8. The minimum Gasteiger partial charge on any atom is -0.462 e. The van der Waals surface area contributed by atoms with Crippen LogP contribution in [0.2, 0.25) is 0 Å². The molecule has 0 aliphatic carbocycles. The smallest absolute Gasteiger partial charge is 0.348 e. The van der Waals surface area contributed by atoms with Crippen molar-refractivity contribution in [2.75, 3.05) is 25.7 Å². The van der Waals surface area contributed by atoms with Crippen LogP contribution >= 0.6 is 11.3 Å². The van der Waals surface area contributed by atoms with Crippen LogP contribution < -0.4 is 15.2 Å². The molecule has 0 radical (unpaired) electrons. The fraction of sp³-hybridized carbons (Fsp3) is 0.316. The maximum atomic E-state index is 12.5. The minimum atomic E-state index is -0.703. The predicted molar refractivity (Wildman–Crippen MR) is 102 cm³/mol. The van der Waals surface area contributed by atoms with Crippen molar-refractivity contribution in [1.82, 2.24) is 0 Å². The average molecular weight is 421 g/mol. The predicted octanol–water partition coefficient (Wildman–Crippen LogP) is 2.77. The Labute approximate surface area is 170 Å². The van der Waals surface area contributed by atoms with Crippen LogP contribution in [0.1, 0.15) is 49.8 Å². The Morgan fingerprint density at radius 2 is 1.69 bits per heavy atom. The fourth-order valence-corrected chi connectivity index (χ4v) is 3.61. The van der Waals surface area contributed by atoms with E-state index in [1.54, 1.807) is 19.9 Å². The summed E-state index contributed by atoms with van der Waals surface area (Å²) < 4.78 is 25.8. The molecule has 0 saturated carbocycles. The topological polar surface area (TPSA) is 123 Å². The molecule has 0 atom stereocenters. The van der Waals surface area contributed by atoms with Gasteiger partial charge in [0.1, 0.15) is 22.0 Å². The molecular weight excluding hydrogens is 402 g/mol. The maximum Gasteiger partial charge on any atom is 0.348 e. The summed E-state index contributed by atoms with van der Waals surface area (Å²) in [6.07, 6.45) is 0. The van der Waals surface area contributed by atoms with Gasteiger partial charge in [-0.3, -0.25) is 0 Å². The number of fused-ring (bicyclic) bond motifs is 1. The van der Waals surface area contributed by atoms with E-state index in [0.717, 1.165) is 11.3 Å². The van der Waals surface area contributed by atoms with Crippen LogP contribution in [0.4, 0.5) is 5.00 Å². The van der Waals surface area contributed by atoms with E-state index in [1.165, 1.54) is 12.1 Å². The third-order valence-electron chi connectivity index (χ3n) is 3.93. The summed E-state index contributed by atoms with van der Waals surface area (Å²) in [6.45, 7) is 3.28. The Morgan fingerprint density at radius 1 is 1.00 bits per heavy atom. The first-order valence-electron chi connectivity index (χ1n) is 8.78. The highest BCUT2D eigenvalue weighted by atomic mass is 32.1. The zero-order chi connectivity index (χ0) is 21.0. The number of nitrogen functional groups attached to an aromatic ring is 1. The number of hydrogen-bond acceptors (Lipinski definition) is 10. The van der Waals surface area contributed by atoms with Gasteiger partial charge >= 0.3 is 17.9 Å². The van der Waals surface area contributed by atoms with Crippen molar-refractivity contribution in [2.24, 2.45) is 0 Å². The molecule has 0 unspecified atom stereocenters. The van der Waals surface area contributed by atoms with E-state index in [4.69, 9.17) is 29.4 Å². The number of thiophene rings is 1. The highest BCUT2D eigenvalue weighted by Gasteiger charge is 2.29. The normalized spacial score (nSPS) is 11.8. The summed E-state index contributed by atoms with van der Waals surface area (Å²) in [5.41, 5.74) is 6.30. The Hall–Kier alpha value is -3.27. The molecule has 1 aromatic carbocycles. The quantitative estimate of drug-likeness (QED) is 0.531. The Bertz CT molecular complexity index is 952. The van der Waals surface area contributed by atoms with Crippen molar-refractivity contribution >= 4 is 34.2 Å². The number of anilines is 1. The number of esters is 3. The molecule has 2 heterocycles. The van der Waals surface area contributed by atoms with Gasteiger partial charge in [-0.2, -0.15) is 0 Å². The molecule has 0 spiro atoms. The largest absolute Gasteiger partial charge is 0.462 e. The van der Waals surface area contributed by atoms with Gasteiger partial charge in [-0.25, -0.2) is 14.4 Å². The summed E-state index contributed by atoms with van der Waals surface area (Å²) in [4.78, 5) is 37.1. The summed E-state index contributed by atoms with van der Waals surface area (Å²) in [5, 5.41) is 0.0839. The number of rotatable bonds is 7. The number of ether oxygens (including phenoxy) is 5. The summed E-state index contributed by atoms with van der Waals surface area (Å²) in [7, 11) is 0. The molecule has 1 aliphatic heterocycles. The van der Waals surface area contributed by atoms with Crippen LogP contribution in [0.5, 0.6) is 11.5 Å². The van der Waals surface area contributed by atoms with Crippen molar-refractivity contribution < 1.29 is 38.1 Å². The lowest BCUT2D eigenvalue weighted by atomic mass is 10.1. The molecule has 10 heteroatoms. The molecule has 154 valence electrons. The summed E-state index contributed by atoms with van der Waals surface area (Å²) in [6, 6.07) is 4.61. The molecule has 0 fully saturated rings. The van der Waals surface area contributed by atoms with Gasteiger partial charge in [0.25, 0.3) is 0 Å². The minimum absolute atomic E-state index is 0.00149. The van der Waals surface area contributed by atoms with Crippen LogP contribution in [0.15, 0.2) is 18.2 Å². The maximum absolute atomic E-state index is 12.5. The van der Waals surface area contributed by atoms with Crippen molar-refractivity contribution in [3.63, 3.8) is 0 Å². The second-order valence-corrected chi connectivity index (χ2v) is 6.79. The molecule has 0 bridgehead atoms. The number of carbonyl (C=O) groups excluding carboxylic acids is 3. The zero-order valence-corrected chi connectivity index (χ0v) is 16.6. The van der Waals surface area contributed by atoms with E-state index in [1.807, 2.05) is 0 Å². The summed E-state index contributed by atoms with van der Waals surface area (Å²) in [5.74, 6) is -1.07. The van der Waals surface area contributed by atoms with Gasteiger partial charge in [0.05, 0.1) is 18.8 Å². The van der Waals surface area contributed by atoms with Crippen LogP contribution in [-0.4, -0.2) is 37.9 Å². The third kappa shape index (κ3) is 4.27. The van der Waals surface area contributed by atoms with Gasteiger partial charge in [-0.1, -0.05) is 0 Å². The number of carbonyl (C=O) groups is 3. The number of benzene rings is 1. The molecule has 1 aromatic heterocycles. The highest BCUT2D eigenvalue weighted by Crippen LogP contribution is 2.35. The van der Waals surface area contributed by atoms with Crippen molar-refractivity contribution in [2.45, 2.75) is 20.5 Å². The van der Waals surface area contributed by atoms with Crippen molar-refractivity contribution in [1.29, 1.82) is 0 Å². The lowest BCUT2D eigenvalue weighted by Crippen LogP contribution is -2.14. The molecule has 1 aliphatic rings. The van der Waals surface area contributed by atoms with Gasteiger partial charge in [-0.05, 0) is 32.0 Å². The van der Waals surface area contributed by atoms with Crippen molar-refractivity contribution in [3.05, 3.63) is 39.8 Å². The molecule has 0 saturated heterocycles. The molecule has 29 heavy (non-hydrogen) atoms. The summed E-state index contributed by atoms with van der Waals surface area (Å²) >= 11 is 0.882. The van der Waals surface area contributed by atoms with Crippen molar-refractivity contribution in [3.8, 4) is 11.5 Å². The Balaban J connectivity index is 1.85. The second-order valence-electron chi connectivity index (χ2n) is 5.73. The standard InChI is InChI=1S/C19H19NO8S/c1-3-24-18(22)14-11(15(29-16(14)20)19(23)25-4-2)8-26-17(21)10-5-6-12-13(7-10)28-9-27-12/h5-7H,3-4,8-9,20H2,1-2H3. The fourth-order valence-electron chi connectivity index (χ4n) is 2.66. The van der Waals surface area contributed by atoms with Gasteiger partial charge < -0.3 is 29.4 Å². The van der Waals surface area contributed by atoms with Crippen LogP contribution in [0.3, 0.4) is 0 Å². The Morgan fingerprint density at radius 3 is 2.41 bits per heavy atom.